The van der Waals surface area contributed by atoms with Gasteiger partial charge in [-0.25, -0.2) is 4.79 Å². The minimum atomic E-state index is -1.05. The highest BCUT2D eigenvalue weighted by atomic mass is 16.5. The zero-order valence-electron chi connectivity index (χ0n) is 12.5. The molecule has 21 heavy (non-hydrogen) atoms. The fourth-order valence-electron chi connectivity index (χ4n) is 1.56. The quantitative estimate of drug-likeness (QED) is 0.454. The van der Waals surface area contributed by atoms with Crippen LogP contribution in [0.4, 0.5) is 0 Å². The summed E-state index contributed by atoms with van der Waals surface area (Å²) in [5.41, 5.74) is 0.929. The van der Waals surface area contributed by atoms with Gasteiger partial charge in [0.15, 0.2) is 0 Å². The number of carbonyl (C=O) groups excluding carboxylic acids is 1. The van der Waals surface area contributed by atoms with Gasteiger partial charge in [0.1, 0.15) is 11.9 Å². The van der Waals surface area contributed by atoms with Crippen molar-refractivity contribution in [3.8, 4) is 5.75 Å². The maximum Gasteiger partial charge on any atom is 0.336 e. The molecule has 114 valence electrons. The molecule has 0 fully saturated rings. The van der Waals surface area contributed by atoms with Crippen LogP contribution < -0.4 is 4.74 Å². The van der Waals surface area contributed by atoms with E-state index in [2.05, 4.69) is 6.58 Å². The highest BCUT2D eigenvalue weighted by Gasteiger charge is 2.15. The molecule has 0 aliphatic carbocycles. The molecule has 0 spiro atoms. The lowest BCUT2D eigenvalue weighted by molar-refractivity contribution is -0.139. The summed E-state index contributed by atoms with van der Waals surface area (Å²) >= 11 is 0. The van der Waals surface area contributed by atoms with Gasteiger partial charge < -0.3 is 14.6 Å². The van der Waals surface area contributed by atoms with Crippen molar-refractivity contribution >= 4 is 12.0 Å². The number of unbranched alkanes of at least 4 members (excludes halogenated alkanes) is 1. The van der Waals surface area contributed by atoms with Crippen LogP contribution in [0.25, 0.3) is 6.08 Å². The Kier molecular flexibility index (Phi) is 7.26. The number of hydrogen-bond acceptors (Lipinski definition) is 4. The molecule has 0 amide bonds. The van der Waals surface area contributed by atoms with Gasteiger partial charge in [0.2, 0.25) is 0 Å². The average molecular weight is 290 g/mol. The zero-order valence-corrected chi connectivity index (χ0v) is 12.5. The van der Waals surface area contributed by atoms with Crippen molar-refractivity contribution in [1.82, 2.24) is 0 Å². The lowest BCUT2D eigenvalue weighted by atomic mass is 10.1. The van der Waals surface area contributed by atoms with E-state index in [9.17, 15) is 9.90 Å². The molecule has 0 heterocycles. The van der Waals surface area contributed by atoms with E-state index in [1.165, 1.54) is 6.08 Å². The predicted molar refractivity (Wildman–Crippen MR) is 83.0 cm³/mol. The number of methoxy groups -OCH3 is 1. The van der Waals surface area contributed by atoms with Crippen LogP contribution in [0.5, 0.6) is 5.75 Å². The van der Waals surface area contributed by atoms with Gasteiger partial charge in [-0.2, -0.15) is 0 Å². The van der Waals surface area contributed by atoms with Gasteiger partial charge in [0.25, 0.3) is 0 Å². The summed E-state index contributed by atoms with van der Waals surface area (Å²) in [5, 5.41) is 9.89. The predicted octanol–water partition coefficient (Wildman–Crippen LogP) is 2.97. The van der Waals surface area contributed by atoms with E-state index in [0.29, 0.717) is 6.61 Å². The second-order valence-electron chi connectivity index (χ2n) is 4.59. The lowest BCUT2D eigenvalue weighted by Gasteiger charge is -2.09. The van der Waals surface area contributed by atoms with Crippen molar-refractivity contribution < 1.29 is 19.4 Å². The van der Waals surface area contributed by atoms with Crippen LogP contribution in [0.3, 0.4) is 0 Å². The maximum absolute atomic E-state index is 11.6. The molecular weight excluding hydrogens is 268 g/mol. The van der Waals surface area contributed by atoms with E-state index >= 15 is 0 Å². The number of aliphatic hydroxyl groups is 1. The van der Waals surface area contributed by atoms with Gasteiger partial charge in [0.05, 0.1) is 19.3 Å². The van der Waals surface area contributed by atoms with Crippen molar-refractivity contribution in [3.63, 3.8) is 0 Å². The van der Waals surface area contributed by atoms with E-state index in [0.717, 1.165) is 24.2 Å². The third kappa shape index (κ3) is 5.83. The molecule has 0 aliphatic rings. The highest BCUT2D eigenvalue weighted by Crippen LogP contribution is 2.13. The number of hydrogen-bond donors (Lipinski definition) is 1. The first-order valence-corrected chi connectivity index (χ1v) is 6.94. The Morgan fingerprint density at radius 1 is 1.38 bits per heavy atom. The second-order valence-corrected chi connectivity index (χ2v) is 4.59. The molecular formula is C17H22O4. The summed E-state index contributed by atoms with van der Waals surface area (Å²) in [4.78, 5) is 11.6. The number of benzene rings is 1. The van der Waals surface area contributed by atoms with Gasteiger partial charge in [-0.05, 0) is 24.1 Å². The van der Waals surface area contributed by atoms with E-state index in [4.69, 9.17) is 9.47 Å². The molecule has 1 atom stereocenters. The molecule has 0 saturated heterocycles. The van der Waals surface area contributed by atoms with Crippen LogP contribution in [-0.2, 0) is 9.53 Å². The molecule has 0 aliphatic heterocycles. The maximum atomic E-state index is 11.6. The molecule has 0 bridgehead atoms. The van der Waals surface area contributed by atoms with Crippen LogP contribution >= 0.6 is 0 Å². The van der Waals surface area contributed by atoms with Crippen molar-refractivity contribution in [2.24, 2.45) is 0 Å². The smallest absolute Gasteiger partial charge is 0.336 e. The number of carbonyl (C=O) groups is 1. The molecule has 1 rings (SSSR count). The minimum absolute atomic E-state index is 0.0378. The largest absolute Gasteiger partial charge is 0.497 e. The standard InChI is InChI=1S/C17H22O4/c1-4-5-12-21-17(19)13(2)16(18)11-8-14-6-9-15(20-3)10-7-14/h6-11,16,18H,2,4-5,12H2,1,3H3/b11-8+. The number of esters is 1. The van der Waals surface area contributed by atoms with Gasteiger partial charge >= 0.3 is 5.97 Å². The van der Waals surface area contributed by atoms with Gasteiger partial charge in [-0.1, -0.05) is 44.2 Å². The van der Waals surface area contributed by atoms with E-state index in [1.54, 1.807) is 13.2 Å². The fourth-order valence-corrected chi connectivity index (χ4v) is 1.56. The minimum Gasteiger partial charge on any atom is -0.497 e. The second kappa shape index (κ2) is 8.97. The van der Waals surface area contributed by atoms with Gasteiger partial charge in [-0.3, -0.25) is 0 Å². The first-order chi connectivity index (χ1) is 10.1. The Hall–Kier alpha value is -2.07. The molecule has 1 aromatic rings. The Bertz CT molecular complexity index is 488. The average Bonchev–Trinajstić information content (AvgIpc) is 2.52. The van der Waals surface area contributed by atoms with E-state index < -0.39 is 12.1 Å². The molecule has 1 aromatic carbocycles. The Balaban J connectivity index is 2.53. The molecule has 4 heteroatoms. The number of ether oxygens (including phenoxy) is 2. The number of rotatable bonds is 8. The Labute approximate surface area is 125 Å². The van der Waals surface area contributed by atoms with Crippen LogP contribution in [0.15, 0.2) is 42.5 Å². The summed E-state index contributed by atoms with van der Waals surface area (Å²) in [7, 11) is 1.60. The third-order valence-corrected chi connectivity index (χ3v) is 2.94. The summed E-state index contributed by atoms with van der Waals surface area (Å²) in [5.74, 6) is 0.201. The summed E-state index contributed by atoms with van der Waals surface area (Å²) in [6.07, 6.45) is 3.91. The third-order valence-electron chi connectivity index (χ3n) is 2.94. The SMILES string of the molecule is C=C(C(=O)OCCCC)C(O)/C=C/c1ccc(OC)cc1. The Morgan fingerprint density at radius 3 is 2.62 bits per heavy atom. The Morgan fingerprint density at radius 2 is 2.05 bits per heavy atom. The summed E-state index contributed by atoms with van der Waals surface area (Å²) < 4.78 is 10.1. The van der Waals surface area contributed by atoms with E-state index in [-0.39, 0.29) is 5.57 Å². The summed E-state index contributed by atoms with van der Waals surface area (Å²) in [6.45, 7) is 5.94. The first-order valence-electron chi connectivity index (χ1n) is 6.94. The van der Waals surface area contributed by atoms with Gasteiger partial charge in [-0.15, -0.1) is 0 Å². The normalized spacial score (nSPS) is 12.1. The lowest BCUT2D eigenvalue weighted by Crippen LogP contribution is -2.17. The molecule has 1 N–H and O–H groups in total. The van der Waals surface area contributed by atoms with Crippen molar-refractivity contribution in [2.45, 2.75) is 25.9 Å². The van der Waals surface area contributed by atoms with E-state index in [1.807, 2.05) is 31.2 Å². The molecule has 0 saturated carbocycles. The molecule has 4 nitrogen and oxygen atoms in total. The van der Waals surface area contributed by atoms with Crippen molar-refractivity contribution in [2.75, 3.05) is 13.7 Å². The molecule has 0 radical (unpaired) electrons. The topological polar surface area (TPSA) is 55.8 Å². The van der Waals surface area contributed by atoms with Crippen LogP contribution in [0.2, 0.25) is 0 Å². The number of aliphatic hydroxyl groups excluding tert-OH is 1. The van der Waals surface area contributed by atoms with Gasteiger partial charge in [0, 0.05) is 0 Å². The molecule has 0 aromatic heterocycles. The van der Waals surface area contributed by atoms with Crippen molar-refractivity contribution in [3.05, 3.63) is 48.1 Å². The molecule has 1 unspecified atom stereocenters. The first kappa shape index (κ1) is 17.0. The highest BCUT2D eigenvalue weighted by molar-refractivity contribution is 5.89. The van der Waals surface area contributed by atoms with Crippen LogP contribution in [0, 0.1) is 0 Å². The fraction of sp³-hybridized carbons (Fsp3) is 0.353. The zero-order chi connectivity index (χ0) is 15.7. The monoisotopic (exact) mass is 290 g/mol. The van der Waals surface area contributed by atoms with Crippen molar-refractivity contribution in [1.29, 1.82) is 0 Å². The van der Waals surface area contributed by atoms with Crippen LogP contribution in [-0.4, -0.2) is 30.9 Å². The summed E-state index contributed by atoms with van der Waals surface area (Å²) in [6, 6.07) is 7.34. The van der Waals surface area contributed by atoms with Crippen LogP contribution in [0.1, 0.15) is 25.3 Å².